The summed E-state index contributed by atoms with van der Waals surface area (Å²) in [6, 6.07) is -0.652. The topological polar surface area (TPSA) is 212 Å². The predicted octanol–water partition coefficient (Wildman–Crippen LogP) is 4.17. The van der Waals surface area contributed by atoms with Crippen LogP contribution >= 0.6 is 0 Å². The van der Waals surface area contributed by atoms with E-state index in [0.717, 1.165) is 0 Å². The normalized spacial score (nSPS) is 46.3. The van der Waals surface area contributed by atoms with Crippen LogP contribution in [0, 0.1) is 28.6 Å². The highest BCUT2D eigenvalue weighted by molar-refractivity contribution is 6.56. The number of aliphatic hydroxyl groups is 2. The van der Waals surface area contributed by atoms with Gasteiger partial charge in [0, 0.05) is 41.4 Å². The Kier molecular flexibility index (Phi) is 13.8. The number of rotatable bonds is 4. The van der Waals surface area contributed by atoms with Crippen molar-refractivity contribution in [2.75, 3.05) is 0 Å². The molecule has 0 aromatic carbocycles. The van der Waals surface area contributed by atoms with Gasteiger partial charge in [-0.3, -0.25) is 0 Å². The van der Waals surface area contributed by atoms with Crippen molar-refractivity contribution < 1.29 is 77.4 Å². The average Bonchev–Trinajstić information content (AvgIpc) is 3.84. The maximum absolute atomic E-state index is 15.0. The Balaban J connectivity index is 1.36. The van der Waals surface area contributed by atoms with Gasteiger partial charge in [-0.25, -0.2) is 14.4 Å². The number of esters is 3. The third kappa shape index (κ3) is 8.78. The van der Waals surface area contributed by atoms with Crippen molar-refractivity contribution in [2.45, 2.75) is 225 Å². The lowest BCUT2D eigenvalue weighted by atomic mass is 9.73. The zero-order chi connectivity index (χ0) is 45.2. The summed E-state index contributed by atoms with van der Waals surface area (Å²) in [5.74, 6) is -7.04. The second kappa shape index (κ2) is 17.9. The first-order valence-corrected chi connectivity index (χ1v) is 23.4. The highest BCUT2D eigenvalue weighted by Crippen LogP contribution is 2.57. The molecule has 62 heavy (non-hydrogen) atoms. The van der Waals surface area contributed by atoms with E-state index in [1.54, 1.807) is 6.92 Å². The molecule has 5 N–H and O–H groups in total. The molecule has 17 heteroatoms. The summed E-state index contributed by atoms with van der Waals surface area (Å²) in [4.78, 5) is 43.0. The maximum Gasteiger partial charge on any atom is 0.536 e. The summed E-state index contributed by atoms with van der Waals surface area (Å²) < 4.78 is 66.1. The Morgan fingerprint density at radius 1 is 0.790 bits per heavy atom. The van der Waals surface area contributed by atoms with E-state index in [-0.39, 0.29) is 18.4 Å². The van der Waals surface area contributed by atoms with Gasteiger partial charge < -0.3 is 63.0 Å². The molecule has 7 heterocycles. The minimum absolute atomic E-state index is 0.0893. The fourth-order valence-electron chi connectivity index (χ4n) is 10.6. The summed E-state index contributed by atoms with van der Waals surface area (Å²) in [5.41, 5.74) is 2.31. The number of cyclic esters (lactones) is 1. The van der Waals surface area contributed by atoms with Crippen LogP contribution in [-0.2, 0) is 61.4 Å². The number of allylic oxidation sites excluding steroid dienone is 1. The van der Waals surface area contributed by atoms with Crippen molar-refractivity contribution in [1.82, 2.24) is 0 Å². The van der Waals surface area contributed by atoms with Crippen molar-refractivity contribution in [3.05, 3.63) is 12.2 Å². The highest BCUT2D eigenvalue weighted by atomic mass is 17.0. The van der Waals surface area contributed by atoms with Gasteiger partial charge in [0.1, 0.15) is 18.3 Å². The van der Waals surface area contributed by atoms with E-state index in [1.165, 1.54) is 0 Å². The van der Waals surface area contributed by atoms with Crippen LogP contribution in [0.15, 0.2) is 12.2 Å². The van der Waals surface area contributed by atoms with Crippen molar-refractivity contribution in [2.24, 2.45) is 28.6 Å². The molecule has 0 aromatic heterocycles. The van der Waals surface area contributed by atoms with E-state index in [9.17, 15) is 19.8 Å². The Hall–Kier alpha value is -2.19. The summed E-state index contributed by atoms with van der Waals surface area (Å²) in [5, 5.41) is 23.6. The molecule has 6 saturated heterocycles. The van der Waals surface area contributed by atoms with Crippen LogP contribution in [0.1, 0.15) is 140 Å². The molecule has 0 saturated carbocycles. The molecule has 0 aliphatic carbocycles. The van der Waals surface area contributed by atoms with Gasteiger partial charge in [0.15, 0.2) is 29.8 Å². The Bertz CT molecular complexity index is 1680. The first-order valence-electron chi connectivity index (χ1n) is 23.4. The third-order valence-corrected chi connectivity index (χ3v) is 15.6. The number of aliphatic hydroxyl groups excluding tert-OH is 2. The van der Waals surface area contributed by atoms with Gasteiger partial charge >= 0.3 is 24.9 Å². The molecule has 0 radical (unpaired) electrons. The average molecular weight is 880 g/mol. The quantitative estimate of drug-likeness (QED) is 0.157. The lowest BCUT2D eigenvalue weighted by Gasteiger charge is -2.52. The highest BCUT2D eigenvalue weighted by Gasteiger charge is 2.73. The Morgan fingerprint density at radius 2 is 1.34 bits per heavy atom. The number of hydrogen-bond acceptors (Lipinski definition) is 15. The van der Waals surface area contributed by atoms with Gasteiger partial charge in [-0.1, -0.05) is 67.5 Å². The monoisotopic (exact) mass is 880 g/mol. The Morgan fingerprint density at radius 3 is 1.90 bits per heavy atom. The molecular formula is C45H74BNO15. The molecule has 3 unspecified atom stereocenters. The van der Waals surface area contributed by atoms with E-state index >= 15 is 4.79 Å². The SMILES string of the molecule is CC(C)C([NH3+])C(=O)O[C@H](C)[C@@H]1C/C=C\CC[C@H](O)C(C)(C)[C@@H]2CC[C@@H](C)[C@]3(O2)O[B-]24OC(C(=O)O1)[C@@]1(O[C@@H](CC[C@H]1C)C(C)(C)[C@H](O)CCC[C@@H]1C[C@H](OC(=O)[C@@H]3O2)[C@@H](C)O1)O4. The van der Waals surface area contributed by atoms with Crippen LogP contribution in [0.3, 0.4) is 0 Å². The fourth-order valence-corrected chi connectivity index (χ4v) is 10.6. The maximum atomic E-state index is 15.0. The van der Waals surface area contributed by atoms with Crippen LogP contribution < -0.4 is 5.73 Å². The lowest BCUT2D eigenvalue weighted by molar-refractivity contribution is -0.419. The molecule has 352 valence electrons. The van der Waals surface area contributed by atoms with E-state index in [0.29, 0.717) is 64.2 Å². The largest absolute Gasteiger partial charge is 0.536 e. The smallest absolute Gasteiger partial charge is 0.504 e. The molecule has 3 spiro atoms. The summed E-state index contributed by atoms with van der Waals surface area (Å²) in [6.07, 6.45) is -0.138. The Labute approximate surface area is 366 Å². The summed E-state index contributed by atoms with van der Waals surface area (Å²) >= 11 is 0. The van der Waals surface area contributed by atoms with E-state index in [4.69, 9.17) is 47.0 Å². The lowest BCUT2D eigenvalue weighted by Crippen LogP contribution is -2.68. The van der Waals surface area contributed by atoms with Crippen LogP contribution in [0.5, 0.6) is 0 Å². The fraction of sp³-hybridized carbons (Fsp3) is 0.889. The third-order valence-electron chi connectivity index (χ3n) is 15.6. The minimum atomic E-state index is -3.52. The molecule has 0 amide bonds. The van der Waals surface area contributed by atoms with Crippen molar-refractivity contribution in [1.29, 1.82) is 0 Å². The van der Waals surface area contributed by atoms with E-state index in [1.807, 2.05) is 74.5 Å². The van der Waals surface area contributed by atoms with Crippen molar-refractivity contribution >= 4 is 24.9 Å². The molecular weight excluding hydrogens is 805 g/mol. The van der Waals surface area contributed by atoms with Gasteiger partial charge in [0.25, 0.3) is 0 Å². The second-order valence-electron chi connectivity index (χ2n) is 21.0. The molecule has 7 aliphatic rings. The van der Waals surface area contributed by atoms with Gasteiger partial charge in [-0.15, -0.1) is 0 Å². The number of carbonyl (C=O) groups is 3. The number of hydrogen-bond donors (Lipinski definition) is 3. The van der Waals surface area contributed by atoms with Crippen molar-refractivity contribution in [3.8, 4) is 0 Å². The molecule has 16 nitrogen and oxygen atoms in total. The molecule has 6 fully saturated rings. The molecule has 0 aromatic rings. The van der Waals surface area contributed by atoms with Gasteiger partial charge in [-0.05, 0) is 71.6 Å². The minimum Gasteiger partial charge on any atom is -0.504 e. The van der Waals surface area contributed by atoms with Crippen molar-refractivity contribution in [3.63, 3.8) is 0 Å². The van der Waals surface area contributed by atoms with Crippen LogP contribution in [0.4, 0.5) is 0 Å². The number of quaternary nitrogens is 1. The molecule has 7 rings (SSSR count). The zero-order valence-electron chi connectivity index (χ0n) is 38.6. The second-order valence-corrected chi connectivity index (χ2v) is 21.0. The first-order chi connectivity index (χ1) is 29.0. The van der Waals surface area contributed by atoms with Gasteiger partial charge in [0.05, 0.1) is 36.6 Å². The van der Waals surface area contributed by atoms with Gasteiger partial charge in [-0.2, -0.15) is 0 Å². The number of fused-ring (bicyclic) bond motifs is 6. The number of ether oxygens (including phenoxy) is 6. The van der Waals surface area contributed by atoms with E-state index < -0.39 is 126 Å². The van der Waals surface area contributed by atoms with E-state index in [2.05, 4.69) is 5.73 Å². The van der Waals surface area contributed by atoms with Crippen LogP contribution in [0.2, 0.25) is 0 Å². The zero-order valence-corrected chi connectivity index (χ0v) is 38.6. The molecule has 9 bridgehead atoms. The predicted molar refractivity (Wildman–Crippen MR) is 222 cm³/mol. The molecule has 7 aliphatic heterocycles. The summed E-state index contributed by atoms with van der Waals surface area (Å²) in [6.45, 7) is 15.3. The van der Waals surface area contributed by atoms with Crippen LogP contribution in [0.25, 0.3) is 0 Å². The first kappa shape index (κ1) is 47.8. The number of carbonyl (C=O) groups excluding carboxylic acids is 3. The van der Waals surface area contributed by atoms with Gasteiger partial charge in [0.2, 0.25) is 0 Å². The molecule has 17 atom stereocenters. The standard InChI is InChI=1S/C45H73BNO15/c1-24(2)36(47)39(50)54-27(5)30-16-12-11-13-17-32(48)42(7,8)34-21-19-26(4)45(57-34)38-41(52)56-31-23-29(53-28(31)6)15-14-18-33(49)43(9,10)35-22-20-25(3)44(58-35)37(40(51)55-30)59-46(60-38,61-44)62-45/h11-12,24-38,48-49H,13-23,47H2,1-10H3/q-1/p+1/b12-11-/t25-,26-,27-,28-,29-,30+,31+,32+,33-,34+,35+,36?,37?,38+,44+,45+,46?/m1/s1. The van der Waals surface area contributed by atoms with Crippen LogP contribution in [-0.4, -0.2) is 120 Å². The summed E-state index contributed by atoms with van der Waals surface area (Å²) in [7, 11) is 0.